The van der Waals surface area contributed by atoms with Gasteiger partial charge in [-0.05, 0) is 23.8 Å². The molecular weight excluding hydrogens is 288 g/mol. The Kier molecular flexibility index (Phi) is 3.34. The molecule has 6 heteroatoms. The zero-order valence-corrected chi connectivity index (χ0v) is 11.8. The van der Waals surface area contributed by atoms with Crippen LogP contribution in [0.1, 0.15) is 17.2 Å². The maximum Gasteiger partial charge on any atom is 0.360 e. The molecule has 2 aromatic rings. The molecule has 6 nitrogen and oxygen atoms in total. The van der Waals surface area contributed by atoms with E-state index in [4.69, 9.17) is 9.47 Å². The van der Waals surface area contributed by atoms with E-state index in [9.17, 15) is 20.4 Å². The predicted molar refractivity (Wildman–Crippen MR) is 76.1 cm³/mol. The Bertz CT molecular complexity index is 684. The van der Waals surface area contributed by atoms with Crippen molar-refractivity contribution in [2.24, 2.45) is 0 Å². The number of hydrogen-bond donors (Lipinski definition) is 4. The van der Waals surface area contributed by atoms with Gasteiger partial charge < -0.3 is 29.9 Å². The van der Waals surface area contributed by atoms with Crippen LogP contribution in [0.4, 0.5) is 0 Å². The summed E-state index contributed by atoms with van der Waals surface area (Å²) in [5.74, 6) is -2.49. The van der Waals surface area contributed by atoms with E-state index in [1.807, 2.05) is 0 Å². The molecule has 1 heterocycles. The third kappa shape index (κ3) is 1.97. The lowest BCUT2D eigenvalue weighted by Gasteiger charge is -2.46. The smallest absolute Gasteiger partial charge is 0.360 e. The molecule has 0 aromatic heterocycles. The highest BCUT2D eigenvalue weighted by Crippen LogP contribution is 2.50. The Morgan fingerprint density at radius 2 is 1.73 bits per heavy atom. The molecule has 2 aromatic carbocycles. The minimum absolute atomic E-state index is 0.0545. The standard InChI is InChI=1S/C16H16O6/c1-21-11-7-8-13-12(9-11)14(17)15(18,16(19,20)22-13)10-5-3-2-4-6-10/h2-9,14,17-20H,1H3. The van der Waals surface area contributed by atoms with Gasteiger partial charge in [-0.25, -0.2) is 0 Å². The molecular formula is C16H16O6. The summed E-state index contributed by atoms with van der Waals surface area (Å²) in [5.41, 5.74) is -2.14. The van der Waals surface area contributed by atoms with Crippen LogP contribution in [-0.2, 0) is 5.60 Å². The normalized spacial score (nSPS) is 26.0. The van der Waals surface area contributed by atoms with Crippen LogP contribution in [0.25, 0.3) is 0 Å². The fourth-order valence-corrected chi connectivity index (χ4v) is 2.63. The lowest BCUT2D eigenvalue weighted by Crippen LogP contribution is -2.61. The molecule has 0 amide bonds. The van der Waals surface area contributed by atoms with Crippen molar-refractivity contribution >= 4 is 0 Å². The molecule has 1 aliphatic rings. The summed E-state index contributed by atoms with van der Waals surface area (Å²) in [6.45, 7) is 0. The molecule has 0 bridgehead atoms. The van der Waals surface area contributed by atoms with Gasteiger partial charge in [0, 0.05) is 5.56 Å². The van der Waals surface area contributed by atoms with Crippen LogP contribution >= 0.6 is 0 Å². The molecule has 2 unspecified atom stereocenters. The largest absolute Gasteiger partial charge is 0.497 e. The summed E-state index contributed by atoms with van der Waals surface area (Å²) in [7, 11) is 1.46. The molecule has 2 atom stereocenters. The number of rotatable bonds is 2. The van der Waals surface area contributed by atoms with Crippen LogP contribution in [0.2, 0.25) is 0 Å². The Labute approximate surface area is 126 Å². The molecule has 22 heavy (non-hydrogen) atoms. The van der Waals surface area contributed by atoms with Gasteiger partial charge in [0.05, 0.1) is 7.11 Å². The molecule has 0 saturated carbocycles. The van der Waals surface area contributed by atoms with E-state index < -0.39 is 17.7 Å². The molecule has 3 rings (SSSR count). The third-order valence-corrected chi connectivity index (χ3v) is 3.87. The van der Waals surface area contributed by atoms with Gasteiger partial charge in [0.2, 0.25) is 5.60 Å². The number of methoxy groups -OCH3 is 1. The van der Waals surface area contributed by atoms with Gasteiger partial charge in [0.15, 0.2) is 0 Å². The Hall–Kier alpha value is -2.12. The van der Waals surface area contributed by atoms with Crippen LogP contribution in [0.3, 0.4) is 0 Å². The van der Waals surface area contributed by atoms with E-state index in [-0.39, 0.29) is 16.9 Å². The Morgan fingerprint density at radius 1 is 1.05 bits per heavy atom. The molecule has 0 radical (unpaired) electrons. The number of aliphatic hydroxyl groups excluding tert-OH is 1. The van der Waals surface area contributed by atoms with Crippen LogP contribution in [-0.4, -0.2) is 33.5 Å². The first-order chi connectivity index (χ1) is 10.4. The zero-order chi connectivity index (χ0) is 16.0. The van der Waals surface area contributed by atoms with Crippen molar-refractivity contribution in [1.29, 1.82) is 0 Å². The summed E-state index contributed by atoms with van der Waals surface area (Å²) in [4.78, 5) is 0. The van der Waals surface area contributed by atoms with E-state index in [1.165, 1.54) is 31.4 Å². The maximum absolute atomic E-state index is 10.8. The van der Waals surface area contributed by atoms with E-state index in [2.05, 4.69) is 0 Å². The lowest BCUT2D eigenvalue weighted by molar-refractivity contribution is -0.407. The average molecular weight is 304 g/mol. The summed E-state index contributed by atoms with van der Waals surface area (Å²) in [5, 5.41) is 41.8. The number of aliphatic hydroxyl groups is 4. The third-order valence-electron chi connectivity index (χ3n) is 3.87. The van der Waals surface area contributed by atoms with Crippen molar-refractivity contribution in [3.05, 3.63) is 59.7 Å². The molecule has 0 spiro atoms. The van der Waals surface area contributed by atoms with Crippen LogP contribution in [0.15, 0.2) is 48.5 Å². The van der Waals surface area contributed by atoms with Gasteiger partial charge in [0.1, 0.15) is 17.6 Å². The summed E-state index contributed by atoms with van der Waals surface area (Å²) in [6, 6.07) is 12.3. The maximum atomic E-state index is 10.8. The van der Waals surface area contributed by atoms with Gasteiger partial charge in [-0.15, -0.1) is 0 Å². The first-order valence-corrected chi connectivity index (χ1v) is 6.68. The summed E-state index contributed by atoms with van der Waals surface area (Å²) in [6.07, 6.45) is -1.62. The van der Waals surface area contributed by atoms with Gasteiger partial charge in [0.25, 0.3) is 0 Å². The second-order valence-corrected chi connectivity index (χ2v) is 5.15. The summed E-state index contributed by atoms with van der Waals surface area (Å²) < 4.78 is 10.2. The SMILES string of the molecule is COc1ccc2c(c1)C(O)C(O)(c1ccccc1)C(O)(O)O2. The van der Waals surface area contributed by atoms with Gasteiger partial charge in [-0.1, -0.05) is 30.3 Å². The van der Waals surface area contributed by atoms with Gasteiger partial charge in [-0.2, -0.15) is 0 Å². The fourth-order valence-electron chi connectivity index (χ4n) is 2.63. The minimum Gasteiger partial charge on any atom is -0.497 e. The lowest BCUT2D eigenvalue weighted by atomic mass is 9.80. The highest BCUT2D eigenvalue weighted by Gasteiger charge is 2.61. The van der Waals surface area contributed by atoms with Crippen molar-refractivity contribution in [2.75, 3.05) is 7.11 Å². The van der Waals surface area contributed by atoms with Crippen molar-refractivity contribution < 1.29 is 29.9 Å². The van der Waals surface area contributed by atoms with E-state index in [0.717, 1.165) is 0 Å². The molecule has 116 valence electrons. The van der Waals surface area contributed by atoms with Crippen molar-refractivity contribution in [3.8, 4) is 11.5 Å². The zero-order valence-electron chi connectivity index (χ0n) is 11.8. The first kappa shape index (κ1) is 14.8. The average Bonchev–Trinajstić information content (AvgIpc) is 2.53. The van der Waals surface area contributed by atoms with Crippen molar-refractivity contribution in [1.82, 2.24) is 0 Å². The van der Waals surface area contributed by atoms with Crippen molar-refractivity contribution in [2.45, 2.75) is 17.7 Å². The topological polar surface area (TPSA) is 99.4 Å². The number of fused-ring (bicyclic) bond motifs is 1. The van der Waals surface area contributed by atoms with Gasteiger partial charge >= 0.3 is 5.97 Å². The van der Waals surface area contributed by atoms with Crippen LogP contribution in [0, 0.1) is 0 Å². The highest BCUT2D eigenvalue weighted by molar-refractivity contribution is 5.46. The van der Waals surface area contributed by atoms with Crippen LogP contribution in [0.5, 0.6) is 11.5 Å². The minimum atomic E-state index is -2.99. The quantitative estimate of drug-likeness (QED) is 0.608. The van der Waals surface area contributed by atoms with E-state index >= 15 is 0 Å². The molecule has 0 saturated heterocycles. The molecule has 4 N–H and O–H groups in total. The Balaban J connectivity index is 2.19. The molecule has 0 fully saturated rings. The molecule has 0 aliphatic carbocycles. The highest BCUT2D eigenvalue weighted by atomic mass is 16.8. The van der Waals surface area contributed by atoms with Crippen molar-refractivity contribution in [3.63, 3.8) is 0 Å². The monoisotopic (exact) mass is 304 g/mol. The second kappa shape index (κ2) is 4.96. The first-order valence-electron chi connectivity index (χ1n) is 6.68. The number of ether oxygens (including phenoxy) is 2. The number of hydrogen-bond acceptors (Lipinski definition) is 6. The van der Waals surface area contributed by atoms with Gasteiger partial charge in [-0.3, -0.25) is 0 Å². The fraction of sp³-hybridized carbons (Fsp3) is 0.250. The van der Waals surface area contributed by atoms with Crippen LogP contribution < -0.4 is 9.47 Å². The van der Waals surface area contributed by atoms with E-state index in [0.29, 0.717) is 5.75 Å². The number of benzene rings is 2. The predicted octanol–water partition coefficient (Wildman–Crippen LogP) is 0.647. The Morgan fingerprint density at radius 3 is 2.36 bits per heavy atom. The summed E-state index contributed by atoms with van der Waals surface area (Å²) >= 11 is 0. The molecule has 1 aliphatic heterocycles. The second-order valence-electron chi connectivity index (χ2n) is 5.15. The van der Waals surface area contributed by atoms with E-state index in [1.54, 1.807) is 24.3 Å².